The first kappa shape index (κ1) is 30.1. The van der Waals surface area contributed by atoms with Gasteiger partial charge in [0.1, 0.15) is 17.9 Å². The summed E-state index contributed by atoms with van der Waals surface area (Å²) < 4.78 is 95.2. The zero-order valence-electron chi connectivity index (χ0n) is 22.8. The molecule has 1 fully saturated rings. The fourth-order valence-electron chi connectivity index (χ4n) is 4.94. The van der Waals surface area contributed by atoms with Crippen molar-refractivity contribution in [3.8, 4) is 22.8 Å². The van der Waals surface area contributed by atoms with Crippen molar-refractivity contribution < 1.29 is 40.6 Å². The Labute approximate surface area is 242 Å². The van der Waals surface area contributed by atoms with Crippen LogP contribution in [0.25, 0.3) is 17.1 Å². The van der Waals surface area contributed by atoms with Crippen LogP contribution in [0.3, 0.4) is 0 Å². The van der Waals surface area contributed by atoms with Gasteiger partial charge in [0.2, 0.25) is 0 Å². The Morgan fingerprint density at radius 2 is 1.74 bits per heavy atom. The lowest BCUT2D eigenvalue weighted by Gasteiger charge is -2.18. The van der Waals surface area contributed by atoms with E-state index < -0.39 is 40.9 Å². The molecule has 0 bridgehead atoms. The number of carbonyl (C=O) groups is 1. The van der Waals surface area contributed by atoms with Crippen LogP contribution in [0.4, 0.5) is 26.3 Å². The summed E-state index contributed by atoms with van der Waals surface area (Å²) in [6.07, 6.45) is -8.10. The van der Waals surface area contributed by atoms with Gasteiger partial charge in [0, 0.05) is 12.1 Å². The second-order valence-corrected chi connectivity index (χ2v) is 9.82. The monoisotopic (exact) mass is 604 g/mol. The maximum Gasteiger partial charge on any atom is 0.434 e. The molecule has 1 aliphatic heterocycles. The Morgan fingerprint density at radius 3 is 2.40 bits per heavy atom. The van der Waals surface area contributed by atoms with E-state index in [-0.39, 0.29) is 30.3 Å². The first-order chi connectivity index (χ1) is 20.5. The van der Waals surface area contributed by atoms with Crippen molar-refractivity contribution in [1.29, 1.82) is 0 Å². The SMILES string of the molecule is CCOC(=O)c1cnn(-c2cccc(-c3cccc(C(F)(F)F)c3OCc3ccc([C@@H]4CCNC4)cc3)n2)c1C(F)(F)F. The van der Waals surface area contributed by atoms with Gasteiger partial charge in [-0.25, -0.2) is 14.5 Å². The van der Waals surface area contributed by atoms with Gasteiger partial charge in [-0.1, -0.05) is 36.4 Å². The Hall–Kier alpha value is -4.39. The van der Waals surface area contributed by atoms with Crippen LogP contribution in [0, 0.1) is 0 Å². The van der Waals surface area contributed by atoms with Gasteiger partial charge in [0.25, 0.3) is 0 Å². The zero-order chi connectivity index (χ0) is 30.8. The molecule has 1 N–H and O–H groups in total. The number of ether oxygens (including phenoxy) is 2. The molecule has 0 saturated carbocycles. The molecule has 3 heterocycles. The van der Waals surface area contributed by atoms with E-state index in [0.29, 0.717) is 22.4 Å². The number of halogens is 6. The van der Waals surface area contributed by atoms with Crippen LogP contribution in [0.5, 0.6) is 5.75 Å². The molecule has 1 saturated heterocycles. The molecule has 226 valence electrons. The van der Waals surface area contributed by atoms with Crippen LogP contribution in [0.2, 0.25) is 0 Å². The lowest BCUT2D eigenvalue weighted by atomic mass is 9.97. The molecule has 0 amide bonds. The van der Waals surface area contributed by atoms with Gasteiger partial charge in [0.05, 0.1) is 24.1 Å². The summed E-state index contributed by atoms with van der Waals surface area (Å²) in [6, 6.07) is 14.7. The van der Waals surface area contributed by atoms with Crippen LogP contribution in [0.15, 0.2) is 66.9 Å². The number of benzene rings is 2. The second kappa shape index (κ2) is 12.1. The van der Waals surface area contributed by atoms with Gasteiger partial charge < -0.3 is 14.8 Å². The van der Waals surface area contributed by atoms with Gasteiger partial charge in [-0.15, -0.1) is 0 Å². The van der Waals surface area contributed by atoms with Crippen molar-refractivity contribution in [2.75, 3.05) is 19.7 Å². The van der Waals surface area contributed by atoms with Crippen LogP contribution < -0.4 is 10.1 Å². The number of pyridine rings is 1. The van der Waals surface area contributed by atoms with Gasteiger partial charge >= 0.3 is 18.3 Å². The highest BCUT2D eigenvalue weighted by Gasteiger charge is 2.41. The summed E-state index contributed by atoms with van der Waals surface area (Å²) in [5, 5.41) is 6.99. The number of alkyl halides is 6. The summed E-state index contributed by atoms with van der Waals surface area (Å²) in [7, 11) is 0. The summed E-state index contributed by atoms with van der Waals surface area (Å²) >= 11 is 0. The van der Waals surface area contributed by atoms with E-state index >= 15 is 0 Å². The molecule has 1 atom stereocenters. The average molecular weight is 605 g/mol. The smallest absolute Gasteiger partial charge is 0.434 e. The third kappa shape index (κ3) is 6.51. The molecular weight excluding hydrogens is 578 g/mol. The van der Waals surface area contributed by atoms with Crippen molar-refractivity contribution in [1.82, 2.24) is 20.1 Å². The highest BCUT2D eigenvalue weighted by atomic mass is 19.4. The van der Waals surface area contributed by atoms with E-state index in [1.165, 1.54) is 31.2 Å². The second-order valence-electron chi connectivity index (χ2n) is 9.82. The summed E-state index contributed by atoms with van der Waals surface area (Å²) in [6.45, 7) is 2.88. The average Bonchev–Trinajstić information content (AvgIpc) is 3.67. The minimum absolute atomic E-state index is 0.0864. The molecule has 2 aromatic heterocycles. The van der Waals surface area contributed by atoms with Crippen LogP contribution in [-0.2, 0) is 23.7 Å². The standard InChI is InChI=1S/C30H26F6N4O3/c1-2-42-28(41)22-16-38-40(27(22)30(34,35)36)25-8-4-7-24(39-25)21-5-3-6-23(29(31,32)33)26(21)43-17-18-9-11-19(12-10-18)20-13-14-37-15-20/h3-12,16,20,37H,2,13-15,17H2,1H3/t20-/m1/s1. The number of hydrogen-bond acceptors (Lipinski definition) is 6. The predicted molar refractivity (Wildman–Crippen MR) is 144 cm³/mol. The van der Waals surface area contributed by atoms with E-state index in [4.69, 9.17) is 9.47 Å². The van der Waals surface area contributed by atoms with Crippen LogP contribution in [-0.4, -0.2) is 40.4 Å². The number of hydrogen-bond donors (Lipinski definition) is 1. The normalized spacial score (nSPS) is 15.5. The van der Waals surface area contributed by atoms with Gasteiger partial charge in [-0.3, -0.25) is 0 Å². The first-order valence-electron chi connectivity index (χ1n) is 13.4. The fourth-order valence-corrected chi connectivity index (χ4v) is 4.94. The first-order valence-corrected chi connectivity index (χ1v) is 13.4. The van der Waals surface area contributed by atoms with Gasteiger partial charge in [-0.05, 0) is 61.2 Å². The van der Waals surface area contributed by atoms with E-state index in [9.17, 15) is 31.1 Å². The molecule has 1 aliphatic rings. The van der Waals surface area contributed by atoms with Gasteiger partial charge in [0.15, 0.2) is 11.5 Å². The maximum atomic E-state index is 14.1. The molecule has 0 radical (unpaired) electrons. The summed E-state index contributed by atoms with van der Waals surface area (Å²) in [5.41, 5.74) is -1.73. The summed E-state index contributed by atoms with van der Waals surface area (Å²) in [4.78, 5) is 16.4. The van der Waals surface area contributed by atoms with E-state index in [0.717, 1.165) is 37.2 Å². The number of aromatic nitrogens is 3. The van der Waals surface area contributed by atoms with Crippen molar-refractivity contribution in [3.05, 3.63) is 94.8 Å². The number of rotatable bonds is 8. The van der Waals surface area contributed by atoms with Crippen molar-refractivity contribution >= 4 is 5.97 Å². The molecule has 0 aliphatic carbocycles. The molecular formula is C30H26F6N4O3. The Morgan fingerprint density at radius 1 is 1.00 bits per heavy atom. The minimum Gasteiger partial charge on any atom is -0.488 e. The highest BCUT2D eigenvalue weighted by molar-refractivity contribution is 5.90. The van der Waals surface area contributed by atoms with Crippen molar-refractivity contribution in [2.45, 2.75) is 38.2 Å². The largest absolute Gasteiger partial charge is 0.488 e. The summed E-state index contributed by atoms with van der Waals surface area (Å²) in [5.74, 6) is -1.75. The minimum atomic E-state index is -5.02. The molecule has 0 spiro atoms. The van der Waals surface area contributed by atoms with E-state index in [1.54, 1.807) is 12.1 Å². The van der Waals surface area contributed by atoms with Crippen LogP contribution >= 0.6 is 0 Å². The lowest BCUT2D eigenvalue weighted by molar-refractivity contribution is -0.143. The Bertz CT molecular complexity index is 1590. The van der Waals surface area contributed by atoms with Crippen molar-refractivity contribution in [2.24, 2.45) is 0 Å². The number of para-hydroxylation sites is 1. The van der Waals surface area contributed by atoms with Crippen molar-refractivity contribution in [3.63, 3.8) is 0 Å². The van der Waals surface area contributed by atoms with E-state index in [2.05, 4.69) is 15.4 Å². The number of esters is 1. The molecule has 5 rings (SSSR count). The Balaban J connectivity index is 1.51. The number of carbonyl (C=O) groups excluding carboxylic acids is 1. The molecule has 13 heteroatoms. The third-order valence-corrected chi connectivity index (χ3v) is 6.98. The molecule has 2 aromatic carbocycles. The van der Waals surface area contributed by atoms with Crippen LogP contribution in [0.1, 0.15) is 52.0 Å². The predicted octanol–water partition coefficient (Wildman–Crippen LogP) is 6.80. The Kier molecular flexibility index (Phi) is 8.45. The number of nitrogens with one attached hydrogen (secondary N) is 1. The maximum absolute atomic E-state index is 14.1. The highest BCUT2D eigenvalue weighted by Crippen LogP contribution is 2.42. The molecule has 0 unspecified atom stereocenters. The fraction of sp³-hybridized carbons (Fsp3) is 0.300. The molecule has 43 heavy (non-hydrogen) atoms. The zero-order valence-corrected chi connectivity index (χ0v) is 22.8. The third-order valence-electron chi connectivity index (χ3n) is 6.98. The number of nitrogens with zero attached hydrogens (tertiary/aromatic N) is 3. The molecule has 7 nitrogen and oxygen atoms in total. The van der Waals surface area contributed by atoms with Gasteiger partial charge in [-0.2, -0.15) is 31.4 Å². The lowest BCUT2D eigenvalue weighted by Crippen LogP contribution is -2.19. The van der Waals surface area contributed by atoms with E-state index in [1.807, 2.05) is 12.1 Å². The topological polar surface area (TPSA) is 78.3 Å². The molecule has 4 aromatic rings. The quantitative estimate of drug-likeness (QED) is 0.176.